The zero-order valence-corrected chi connectivity index (χ0v) is 15.7. The maximum absolute atomic E-state index is 12.4. The summed E-state index contributed by atoms with van der Waals surface area (Å²) in [7, 11) is 2.04. The minimum absolute atomic E-state index is 0.0284. The maximum atomic E-state index is 12.4. The van der Waals surface area contributed by atoms with Gasteiger partial charge >= 0.3 is 0 Å². The van der Waals surface area contributed by atoms with E-state index in [9.17, 15) is 4.79 Å². The van der Waals surface area contributed by atoms with E-state index in [2.05, 4.69) is 36.5 Å². The third-order valence-electron chi connectivity index (χ3n) is 4.65. The summed E-state index contributed by atoms with van der Waals surface area (Å²) in [6.07, 6.45) is 1.05. The summed E-state index contributed by atoms with van der Waals surface area (Å²) in [6, 6.07) is 18.3. The Labute approximate surface area is 154 Å². The van der Waals surface area contributed by atoms with Crippen LogP contribution in [0.15, 0.2) is 59.0 Å². The first-order valence-electron chi connectivity index (χ1n) is 9.22. The highest BCUT2D eigenvalue weighted by Crippen LogP contribution is 2.23. The first-order valence-corrected chi connectivity index (χ1v) is 9.22. The van der Waals surface area contributed by atoms with Crippen LogP contribution in [0.1, 0.15) is 36.8 Å². The van der Waals surface area contributed by atoms with Crippen LogP contribution in [0, 0.1) is 0 Å². The van der Waals surface area contributed by atoms with E-state index >= 15 is 0 Å². The fourth-order valence-electron chi connectivity index (χ4n) is 3.16. The summed E-state index contributed by atoms with van der Waals surface area (Å²) in [4.78, 5) is 13.5. The molecule has 0 fully saturated rings. The van der Waals surface area contributed by atoms with Crippen LogP contribution in [-0.2, 0) is 17.8 Å². The second-order valence-electron chi connectivity index (χ2n) is 6.96. The van der Waals surface area contributed by atoms with Crippen LogP contribution in [0.25, 0.3) is 11.0 Å². The molecule has 4 nitrogen and oxygen atoms in total. The standard InChI is InChI=1S/C22H26N2O2/c1-4-17-9-11-18(12-10-17)14-24(3)15-22(25)23-16(2)21-13-19-7-5-6-8-20(19)26-21/h5-13,16H,4,14-15H2,1-3H3,(H,23,25)/p+1/t16-/m1/s1. The lowest BCUT2D eigenvalue weighted by Gasteiger charge is -2.16. The van der Waals surface area contributed by atoms with Crippen molar-refractivity contribution in [3.05, 3.63) is 71.5 Å². The molecule has 1 amide bonds. The number of rotatable bonds is 7. The van der Waals surface area contributed by atoms with Crippen molar-refractivity contribution in [3.8, 4) is 0 Å². The highest BCUT2D eigenvalue weighted by molar-refractivity contribution is 5.79. The van der Waals surface area contributed by atoms with E-state index in [1.54, 1.807) is 0 Å². The zero-order valence-electron chi connectivity index (χ0n) is 15.7. The molecule has 0 spiro atoms. The summed E-state index contributed by atoms with van der Waals surface area (Å²) in [5.74, 6) is 0.813. The first-order chi connectivity index (χ1) is 12.5. The van der Waals surface area contributed by atoms with Crippen LogP contribution in [0.2, 0.25) is 0 Å². The van der Waals surface area contributed by atoms with Crippen molar-refractivity contribution in [2.45, 2.75) is 32.9 Å². The fraction of sp³-hybridized carbons (Fsp3) is 0.318. The van der Waals surface area contributed by atoms with Gasteiger partial charge < -0.3 is 14.6 Å². The van der Waals surface area contributed by atoms with E-state index < -0.39 is 0 Å². The van der Waals surface area contributed by atoms with E-state index in [1.807, 2.05) is 44.3 Å². The molecule has 0 aliphatic rings. The molecule has 1 heterocycles. The highest BCUT2D eigenvalue weighted by atomic mass is 16.3. The molecule has 0 bridgehead atoms. The van der Waals surface area contributed by atoms with Gasteiger partial charge in [-0.2, -0.15) is 0 Å². The van der Waals surface area contributed by atoms with Gasteiger partial charge in [-0.25, -0.2) is 0 Å². The topological polar surface area (TPSA) is 46.7 Å². The molecule has 136 valence electrons. The van der Waals surface area contributed by atoms with E-state index in [-0.39, 0.29) is 11.9 Å². The van der Waals surface area contributed by atoms with Crippen molar-refractivity contribution >= 4 is 16.9 Å². The molecule has 0 aliphatic carbocycles. The molecule has 3 rings (SSSR count). The van der Waals surface area contributed by atoms with Gasteiger partial charge in [0.15, 0.2) is 6.54 Å². The van der Waals surface area contributed by atoms with Crippen molar-refractivity contribution in [2.75, 3.05) is 13.6 Å². The molecule has 0 aliphatic heterocycles. The lowest BCUT2D eigenvalue weighted by Crippen LogP contribution is -3.08. The number of benzene rings is 2. The van der Waals surface area contributed by atoms with Gasteiger partial charge in [-0.3, -0.25) is 4.79 Å². The molecule has 26 heavy (non-hydrogen) atoms. The van der Waals surface area contributed by atoms with Gasteiger partial charge in [0.1, 0.15) is 17.9 Å². The Kier molecular flexibility index (Phi) is 5.74. The van der Waals surface area contributed by atoms with Gasteiger partial charge in [-0.05, 0) is 31.0 Å². The molecule has 1 aromatic heterocycles. The number of hydrogen-bond acceptors (Lipinski definition) is 2. The molecule has 2 N–H and O–H groups in total. The molecule has 0 saturated heterocycles. The monoisotopic (exact) mass is 351 g/mol. The van der Waals surface area contributed by atoms with Gasteiger partial charge in [-0.1, -0.05) is 49.4 Å². The number of carbonyl (C=O) groups is 1. The van der Waals surface area contributed by atoms with Crippen LogP contribution >= 0.6 is 0 Å². The summed E-state index contributed by atoms with van der Waals surface area (Å²) in [5, 5.41) is 4.10. The Bertz CT molecular complexity index is 834. The third-order valence-corrected chi connectivity index (χ3v) is 4.65. The first kappa shape index (κ1) is 18.2. The zero-order chi connectivity index (χ0) is 18.5. The number of furan rings is 1. The van der Waals surface area contributed by atoms with Gasteiger partial charge in [0.2, 0.25) is 0 Å². The molecule has 0 saturated carbocycles. The van der Waals surface area contributed by atoms with E-state index in [0.717, 1.165) is 34.6 Å². The number of fused-ring (bicyclic) bond motifs is 1. The van der Waals surface area contributed by atoms with Crippen molar-refractivity contribution in [2.24, 2.45) is 0 Å². The molecule has 2 atom stereocenters. The smallest absolute Gasteiger partial charge is 0.275 e. The Morgan fingerprint density at radius 3 is 2.50 bits per heavy atom. The summed E-state index contributed by atoms with van der Waals surface area (Å²) >= 11 is 0. The quantitative estimate of drug-likeness (QED) is 0.688. The molecule has 1 unspecified atom stereocenters. The lowest BCUT2D eigenvalue weighted by molar-refractivity contribution is -0.885. The largest absolute Gasteiger partial charge is 0.459 e. The van der Waals surface area contributed by atoms with E-state index in [0.29, 0.717) is 6.54 Å². The second kappa shape index (κ2) is 8.19. The van der Waals surface area contributed by atoms with Crippen LogP contribution in [0.3, 0.4) is 0 Å². The number of carbonyl (C=O) groups excluding carboxylic acids is 1. The van der Waals surface area contributed by atoms with Crippen LogP contribution in [0.4, 0.5) is 0 Å². The average Bonchev–Trinajstić information content (AvgIpc) is 3.06. The summed E-state index contributed by atoms with van der Waals surface area (Å²) < 4.78 is 5.83. The molecule has 4 heteroatoms. The average molecular weight is 351 g/mol. The van der Waals surface area contributed by atoms with E-state index in [4.69, 9.17) is 4.42 Å². The Morgan fingerprint density at radius 2 is 1.81 bits per heavy atom. The summed E-state index contributed by atoms with van der Waals surface area (Å²) in [6.45, 7) is 5.37. The van der Waals surface area contributed by atoms with Crippen molar-refractivity contribution in [1.29, 1.82) is 0 Å². The highest BCUT2D eigenvalue weighted by Gasteiger charge is 2.17. The predicted molar refractivity (Wildman–Crippen MR) is 104 cm³/mol. The van der Waals surface area contributed by atoms with Crippen LogP contribution < -0.4 is 10.2 Å². The van der Waals surface area contributed by atoms with Gasteiger partial charge in [0, 0.05) is 10.9 Å². The number of quaternary nitrogens is 1. The molecule has 3 aromatic rings. The number of aryl methyl sites for hydroxylation is 1. The second-order valence-corrected chi connectivity index (χ2v) is 6.96. The van der Waals surface area contributed by atoms with Crippen LogP contribution in [-0.4, -0.2) is 19.5 Å². The third kappa shape index (κ3) is 4.52. The molecule has 2 aromatic carbocycles. The number of likely N-dealkylation sites (N-methyl/N-ethyl adjacent to an activating group) is 1. The normalized spacial score (nSPS) is 13.5. The summed E-state index contributed by atoms with van der Waals surface area (Å²) in [5.41, 5.74) is 3.43. The minimum Gasteiger partial charge on any atom is -0.459 e. The number of hydrogen-bond donors (Lipinski definition) is 2. The minimum atomic E-state index is -0.147. The predicted octanol–water partition coefficient (Wildman–Crippen LogP) is 2.89. The maximum Gasteiger partial charge on any atom is 0.275 e. The Morgan fingerprint density at radius 1 is 1.12 bits per heavy atom. The molecular formula is C22H27N2O2+. The Hall–Kier alpha value is -2.59. The number of nitrogens with one attached hydrogen (secondary N) is 2. The molecular weight excluding hydrogens is 324 g/mol. The van der Waals surface area contributed by atoms with Crippen LogP contribution in [0.5, 0.6) is 0 Å². The van der Waals surface area contributed by atoms with Crippen molar-refractivity contribution in [1.82, 2.24) is 5.32 Å². The number of amides is 1. The Balaban J connectivity index is 1.53. The lowest BCUT2D eigenvalue weighted by atomic mass is 10.1. The number of para-hydroxylation sites is 1. The van der Waals surface area contributed by atoms with E-state index in [1.165, 1.54) is 11.1 Å². The van der Waals surface area contributed by atoms with Crippen molar-refractivity contribution < 1.29 is 14.1 Å². The van der Waals surface area contributed by atoms with Gasteiger partial charge in [0.05, 0.1) is 13.1 Å². The van der Waals surface area contributed by atoms with Gasteiger partial charge in [-0.15, -0.1) is 0 Å². The van der Waals surface area contributed by atoms with Crippen molar-refractivity contribution in [3.63, 3.8) is 0 Å². The fourth-order valence-corrected chi connectivity index (χ4v) is 3.16. The van der Waals surface area contributed by atoms with Gasteiger partial charge in [0.25, 0.3) is 5.91 Å². The SMILES string of the molecule is CCc1ccc(C[NH+](C)CC(=O)N[C@H](C)c2cc3ccccc3o2)cc1. The molecule has 0 radical (unpaired) electrons.